The number of hydrogen-bond donors (Lipinski definition) is 1. The lowest BCUT2D eigenvalue weighted by atomic mass is 9.89. The minimum Gasteiger partial charge on any atom is -0.497 e. The van der Waals surface area contributed by atoms with E-state index in [1.165, 1.54) is 21.9 Å². The molecular weight excluding hydrogens is 298 g/mol. The lowest BCUT2D eigenvalue weighted by molar-refractivity contribution is 0.408. The van der Waals surface area contributed by atoms with Gasteiger partial charge in [-0.25, -0.2) is 0 Å². The van der Waals surface area contributed by atoms with E-state index in [1.807, 2.05) is 18.2 Å². The van der Waals surface area contributed by atoms with Crippen molar-refractivity contribution in [2.24, 2.45) is 5.73 Å². The number of benzene rings is 3. The van der Waals surface area contributed by atoms with Crippen LogP contribution in [0.4, 0.5) is 0 Å². The van der Waals surface area contributed by atoms with Crippen molar-refractivity contribution in [1.82, 2.24) is 0 Å². The van der Waals surface area contributed by atoms with Crippen molar-refractivity contribution in [2.45, 2.75) is 12.3 Å². The molecule has 0 amide bonds. The quantitative estimate of drug-likeness (QED) is 0.742. The fourth-order valence-electron chi connectivity index (χ4n) is 3.20. The van der Waals surface area contributed by atoms with E-state index in [4.69, 9.17) is 15.2 Å². The standard InChI is InChI=1S/C21H23NO2/c1-23-18-8-5-7-16(12-18)17(14-22)13-20-19-9-4-3-6-15(19)10-11-21(20)24-2/h3-12,17H,13-14,22H2,1-2H3. The van der Waals surface area contributed by atoms with Gasteiger partial charge in [0.15, 0.2) is 0 Å². The van der Waals surface area contributed by atoms with Gasteiger partial charge in [-0.1, -0.05) is 42.5 Å². The molecule has 0 aliphatic carbocycles. The molecule has 2 N–H and O–H groups in total. The summed E-state index contributed by atoms with van der Waals surface area (Å²) in [4.78, 5) is 0. The third-order valence-corrected chi connectivity index (χ3v) is 4.52. The van der Waals surface area contributed by atoms with Crippen LogP contribution in [-0.4, -0.2) is 20.8 Å². The van der Waals surface area contributed by atoms with Gasteiger partial charge in [-0.3, -0.25) is 0 Å². The van der Waals surface area contributed by atoms with Gasteiger partial charge in [-0.05, 0) is 47.5 Å². The van der Waals surface area contributed by atoms with Gasteiger partial charge in [-0.15, -0.1) is 0 Å². The Kier molecular flexibility index (Phi) is 5.02. The molecule has 0 bridgehead atoms. The van der Waals surface area contributed by atoms with E-state index in [2.05, 4.69) is 42.5 Å². The van der Waals surface area contributed by atoms with Gasteiger partial charge < -0.3 is 15.2 Å². The molecule has 0 heterocycles. The second-order valence-electron chi connectivity index (χ2n) is 5.88. The van der Waals surface area contributed by atoms with Crippen LogP contribution in [0.3, 0.4) is 0 Å². The summed E-state index contributed by atoms with van der Waals surface area (Å²) in [6.07, 6.45) is 0.828. The molecule has 3 rings (SSSR count). The third-order valence-electron chi connectivity index (χ3n) is 4.52. The highest BCUT2D eigenvalue weighted by molar-refractivity contribution is 5.87. The van der Waals surface area contributed by atoms with Gasteiger partial charge in [0.1, 0.15) is 11.5 Å². The molecule has 3 aromatic carbocycles. The fourth-order valence-corrected chi connectivity index (χ4v) is 3.20. The lowest BCUT2D eigenvalue weighted by Crippen LogP contribution is -2.15. The first-order chi connectivity index (χ1) is 11.8. The van der Waals surface area contributed by atoms with E-state index in [-0.39, 0.29) is 5.92 Å². The van der Waals surface area contributed by atoms with Crippen molar-refractivity contribution in [2.75, 3.05) is 20.8 Å². The molecule has 0 saturated carbocycles. The topological polar surface area (TPSA) is 44.5 Å². The molecule has 0 aliphatic rings. The number of rotatable bonds is 6. The van der Waals surface area contributed by atoms with E-state index in [1.54, 1.807) is 14.2 Å². The van der Waals surface area contributed by atoms with Crippen LogP contribution in [0.1, 0.15) is 17.0 Å². The maximum Gasteiger partial charge on any atom is 0.122 e. The van der Waals surface area contributed by atoms with Gasteiger partial charge >= 0.3 is 0 Å². The third kappa shape index (κ3) is 3.22. The summed E-state index contributed by atoms with van der Waals surface area (Å²) in [5.74, 6) is 1.98. The molecule has 0 radical (unpaired) electrons. The number of fused-ring (bicyclic) bond motifs is 1. The number of hydrogen-bond acceptors (Lipinski definition) is 3. The maximum absolute atomic E-state index is 6.10. The zero-order valence-corrected chi connectivity index (χ0v) is 14.2. The molecule has 3 nitrogen and oxygen atoms in total. The van der Waals surface area contributed by atoms with Crippen molar-refractivity contribution in [1.29, 1.82) is 0 Å². The van der Waals surface area contributed by atoms with Gasteiger partial charge in [0.2, 0.25) is 0 Å². The zero-order valence-electron chi connectivity index (χ0n) is 14.2. The van der Waals surface area contributed by atoms with Crippen molar-refractivity contribution in [3.05, 3.63) is 71.8 Å². The normalized spacial score (nSPS) is 12.1. The average molecular weight is 321 g/mol. The molecule has 1 unspecified atom stereocenters. The second kappa shape index (κ2) is 7.37. The summed E-state index contributed by atoms with van der Waals surface area (Å²) in [7, 11) is 3.40. The van der Waals surface area contributed by atoms with E-state index < -0.39 is 0 Å². The number of nitrogens with two attached hydrogens (primary N) is 1. The Labute approximate surface area is 143 Å². The first-order valence-electron chi connectivity index (χ1n) is 8.15. The Balaban J connectivity index is 2.03. The molecule has 3 aromatic rings. The highest BCUT2D eigenvalue weighted by atomic mass is 16.5. The van der Waals surface area contributed by atoms with Crippen molar-refractivity contribution >= 4 is 10.8 Å². The van der Waals surface area contributed by atoms with Crippen LogP contribution < -0.4 is 15.2 Å². The van der Waals surface area contributed by atoms with Crippen molar-refractivity contribution in [3.63, 3.8) is 0 Å². The monoisotopic (exact) mass is 321 g/mol. The Morgan fingerprint density at radius 1 is 0.917 bits per heavy atom. The van der Waals surface area contributed by atoms with Crippen LogP contribution >= 0.6 is 0 Å². The summed E-state index contributed by atoms with van der Waals surface area (Å²) < 4.78 is 11.0. The molecule has 1 atom stereocenters. The van der Waals surface area contributed by atoms with Crippen LogP contribution in [0.25, 0.3) is 10.8 Å². The Morgan fingerprint density at radius 3 is 2.50 bits per heavy atom. The maximum atomic E-state index is 6.10. The summed E-state index contributed by atoms with van der Waals surface area (Å²) in [6.45, 7) is 0.569. The minimum atomic E-state index is 0.208. The Hall–Kier alpha value is -2.52. The summed E-state index contributed by atoms with van der Waals surface area (Å²) in [5, 5.41) is 2.44. The van der Waals surface area contributed by atoms with Gasteiger partial charge in [-0.2, -0.15) is 0 Å². The van der Waals surface area contributed by atoms with Gasteiger partial charge in [0.25, 0.3) is 0 Å². The largest absolute Gasteiger partial charge is 0.497 e. The smallest absolute Gasteiger partial charge is 0.122 e. The van der Waals surface area contributed by atoms with E-state index in [9.17, 15) is 0 Å². The lowest BCUT2D eigenvalue weighted by Gasteiger charge is -2.19. The van der Waals surface area contributed by atoms with Crippen LogP contribution in [0, 0.1) is 0 Å². The summed E-state index contributed by atoms with van der Waals surface area (Å²) in [6, 6.07) is 20.7. The molecule has 124 valence electrons. The van der Waals surface area contributed by atoms with E-state index in [0.29, 0.717) is 6.54 Å². The SMILES string of the molecule is COc1cccc(C(CN)Cc2c(OC)ccc3ccccc23)c1. The van der Waals surface area contributed by atoms with E-state index in [0.717, 1.165) is 17.9 Å². The van der Waals surface area contributed by atoms with Gasteiger partial charge in [0, 0.05) is 11.5 Å². The molecule has 0 fully saturated rings. The first kappa shape index (κ1) is 16.3. The zero-order chi connectivity index (χ0) is 16.9. The minimum absolute atomic E-state index is 0.208. The Bertz CT molecular complexity index is 829. The van der Waals surface area contributed by atoms with E-state index >= 15 is 0 Å². The predicted octanol–water partition coefficient (Wildman–Crippen LogP) is 4.14. The molecule has 3 heteroatoms. The summed E-state index contributed by atoms with van der Waals surface area (Å²) in [5.41, 5.74) is 8.49. The Morgan fingerprint density at radius 2 is 1.75 bits per heavy atom. The van der Waals surface area contributed by atoms with Crippen molar-refractivity contribution in [3.8, 4) is 11.5 Å². The van der Waals surface area contributed by atoms with Crippen molar-refractivity contribution < 1.29 is 9.47 Å². The molecule has 0 saturated heterocycles. The fraction of sp³-hybridized carbons (Fsp3) is 0.238. The average Bonchev–Trinajstić information content (AvgIpc) is 2.65. The predicted molar refractivity (Wildman–Crippen MR) is 99.0 cm³/mol. The number of ether oxygens (including phenoxy) is 2. The van der Waals surface area contributed by atoms with Crippen LogP contribution in [0.15, 0.2) is 60.7 Å². The highest BCUT2D eigenvalue weighted by Crippen LogP contribution is 2.33. The van der Waals surface area contributed by atoms with Crippen LogP contribution in [0.5, 0.6) is 11.5 Å². The van der Waals surface area contributed by atoms with Gasteiger partial charge in [0.05, 0.1) is 14.2 Å². The van der Waals surface area contributed by atoms with Crippen LogP contribution in [-0.2, 0) is 6.42 Å². The highest BCUT2D eigenvalue weighted by Gasteiger charge is 2.16. The molecule has 0 spiro atoms. The molecule has 0 aromatic heterocycles. The molecule has 0 aliphatic heterocycles. The second-order valence-corrected chi connectivity index (χ2v) is 5.88. The first-order valence-corrected chi connectivity index (χ1v) is 8.15. The summed E-state index contributed by atoms with van der Waals surface area (Å²) >= 11 is 0. The van der Waals surface area contributed by atoms with Crippen LogP contribution in [0.2, 0.25) is 0 Å². The molecular formula is C21H23NO2. The number of methoxy groups -OCH3 is 2. The molecule has 24 heavy (non-hydrogen) atoms.